The number of aromatic nitrogens is 5. The number of carboxylic acid groups (broad SMARTS) is 1. The molecule has 0 saturated carbocycles. The van der Waals surface area contributed by atoms with Crippen LogP contribution in [0.2, 0.25) is 0 Å². The van der Waals surface area contributed by atoms with Crippen molar-refractivity contribution in [1.82, 2.24) is 29.9 Å². The highest BCUT2D eigenvalue weighted by atomic mass is 19.1. The number of aromatic amines is 1. The molecule has 1 aromatic carbocycles. The van der Waals surface area contributed by atoms with Crippen molar-refractivity contribution in [2.24, 2.45) is 0 Å². The summed E-state index contributed by atoms with van der Waals surface area (Å²) in [5.74, 6) is -1.36. The van der Waals surface area contributed by atoms with Crippen LogP contribution in [0.15, 0.2) is 49.1 Å². The molecule has 0 aliphatic carbocycles. The number of rotatable bonds is 7. The Labute approximate surface area is 205 Å². The topological polar surface area (TPSA) is 126 Å². The second-order valence-electron chi connectivity index (χ2n) is 8.39. The molecule has 1 amide bonds. The van der Waals surface area contributed by atoms with E-state index in [1.54, 1.807) is 46.5 Å². The second-order valence-corrected chi connectivity index (χ2v) is 8.39. The second kappa shape index (κ2) is 9.61. The van der Waals surface area contributed by atoms with E-state index in [9.17, 15) is 14.7 Å². The molecule has 5 rings (SSSR count). The van der Waals surface area contributed by atoms with Crippen LogP contribution in [-0.2, 0) is 11.3 Å². The van der Waals surface area contributed by atoms with Gasteiger partial charge in [0.15, 0.2) is 5.82 Å². The molecule has 0 bridgehead atoms. The van der Waals surface area contributed by atoms with Crippen molar-refractivity contribution in [3.8, 4) is 16.9 Å². The summed E-state index contributed by atoms with van der Waals surface area (Å²) in [6.45, 7) is 1.17. The largest absolute Gasteiger partial charge is 0.494 e. The standard InChI is InChI=1S/C25H23FN6O4/c1-36-21-13-27-6-4-16(21)18-11-17(23(26)24-19(18)12-20(29-24)25(34)35)15-3-2-8-31(14-15)22(33)5-9-32-10-7-28-30-32/h3-4,6-7,10-13,29H,2,5,8-9,14H2,1H3,(H,34,35). The number of fused-ring (bicyclic) bond motifs is 1. The van der Waals surface area contributed by atoms with E-state index in [1.807, 2.05) is 6.08 Å². The van der Waals surface area contributed by atoms with Crippen LogP contribution in [0.1, 0.15) is 28.9 Å². The number of halogens is 1. The number of aromatic carboxylic acids is 1. The van der Waals surface area contributed by atoms with Crippen molar-refractivity contribution in [2.75, 3.05) is 20.2 Å². The summed E-state index contributed by atoms with van der Waals surface area (Å²) < 4.78 is 22.9. The highest BCUT2D eigenvalue weighted by Gasteiger charge is 2.25. The van der Waals surface area contributed by atoms with Crippen LogP contribution in [0.5, 0.6) is 5.75 Å². The van der Waals surface area contributed by atoms with E-state index in [0.29, 0.717) is 52.9 Å². The number of aryl methyl sites for hydroxylation is 1. The fraction of sp³-hybridized carbons (Fsp3) is 0.240. The summed E-state index contributed by atoms with van der Waals surface area (Å²) in [6.07, 6.45) is 9.11. The number of methoxy groups -OCH3 is 1. The van der Waals surface area contributed by atoms with Crippen LogP contribution in [0.4, 0.5) is 4.39 Å². The number of carboxylic acids is 1. The van der Waals surface area contributed by atoms with Crippen LogP contribution < -0.4 is 4.74 Å². The van der Waals surface area contributed by atoms with E-state index >= 15 is 4.39 Å². The van der Waals surface area contributed by atoms with Crippen LogP contribution >= 0.6 is 0 Å². The van der Waals surface area contributed by atoms with E-state index in [1.165, 1.54) is 13.2 Å². The van der Waals surface area contributed by atoms with Crippen molar-refractivity contribution in [2.45, 2.75) is 19.4 Å². The van der Waals surface area contributed by atoms with E-state index in [-0.39, 0.29) is 30.1 Å². The number of pyridine rings is 1. The number of carbonyl (C=O) groups excluding carboxylic acids is 1. The Kier molecular flexibility index (Phi) is 6.19. The molecule has 0 saturated heterocycles. The van der Waals surface area contributed by atoms with Gasteiger partial charge in [0.05, 0.1) is 31.6 Å². The van der Waals surface area contributed by atoms with Crippen molar-refractivity contribution in [3.63, 3.8) is 0 Å². The van der Waals surface area contributed by atoms with Crippen LogP contribution in [-0.4, -0.2) is 67.0 Å². The van der Waals surface area contributed by atoms with E-state index < -0.39 is 11.8 Å². The van der Waals surface area contributed by atoms with Crippen LogP contribution in [0.25, 0.3) is 27.6 Å². The summed E-state index contributed by atoms with van der Waals surface area (Å²) in [4.78, 5) is 33.0. The molecule has 2 N–H and O–H groups in total. The van der Waals surface area contributed by atoms with Gasteiger partial charge in [0.2, 0.25) is 5.91 Å². The zero-order valence-corrected chi connectivity index (χ0v) is 19.4. The monoisotopic (exact) mass is 490 g/mol. The molecule has 1 aliphatic heterocycles. The molecule has 184 valence electrons. The summed E-state index contributed by atoms with van der Waals surface area (Å²) in [7, 11) is 1.51. The molecule has 0 unspecified atom stereocenters. The maximum absolute atomic E-state index is 15.8. The fourth-order valence-electron chi connectivity index (χ4n) is 4.47. The SMILES string of the molecule is COc1cnccc1-c1cc(C2=CCCN(C(=O)CCn3ccnn3)C2)c(F)c2[nH]c(C(=O)O)cc12. The van der Waals surface area contributed by atoms with Gasteiger partial charge in [-0.05, 0) is 35.8 Å². The van der Waals surface area contributed by atoms with Crippen LogP contribution in [0, 0.1) is 5.82 Å². The first-order valence-electron chi connectivity index (χ1n) is 11.3. The van der Waals surface area contributed by atoms with Gasteiger partial charge in [0.1, 0.15) is 11.4 Å². The van der Waals surface area contributed by atoms with Crippen LogP contribution in [0.3, 0.4) is 0 Å². The number of nitrogens with one attached hydrogen (secondary N) is 1. The lowest BCUT2D eigenvalue weighted by Gasteiger charge is -2.28. The molecular weight excluding hydrogens is 467 g/mol. The minimum absolute atomic E-state index is 0.0679. The third-order valence-corrected chi connectivity index (χ3v) is 6.25. The summed E-state index contributed by atoms with van der Waals surface area (Å²) in [5.41, 5.74) is 2.14. The third-order valence-electron chi connectivity index (χ3n) is 6.25. The van der Waals surface area contributed by atoms with Gasteiger partial charge in [0.25, 0.3) is 0 Å². The molecule has 11 heteroatoms. The van der Waals surface area contributed by atoms with Gasteiger partial charge in [-0.25, -0.2) is 9.18 Å². The van der Waals surface area contributed by atoms with Gasteiger partial charge >= 0.3 is 5.97 Å². The smallest absolute Gasteiger partial charge is 0.352 e. The number of carbonyl (C=O) groups is 2. The summed E-state index contributed by atoms with van der Waals surface area (Å²) in [6, 6.07) is 4.83. The lowest BCUT2D eigenvalue weighted by atomic mass is 9.93. The lowest BCUT2D eigenvalue weighted by Crippen LogP contribution is -2.36. The van der Waals surface area contributed by atoms with Gasteiger partial charge in [-0.15, -0.1) is 5.10 Å². The minimum atomic E-state index is -1.19. The zero-order chi connectivity index (χ0) is 25.2. The molecule has 36 heavy (non-hydrogen) atoms. The molecule has 0 spiro atoms. The zero-order valence-electron chi connectivity index (χ0n) is 19.4. The van der Waals surface area contributed by atoms with E-state index in [0.717, 1.165) is 0 Å². The quantitative estimate of drug-likeness (QED) is 0.407. The number of ether oxygens (including phenoxy) is 1. The van der Waals surface area contributed by atoms with Gasteiger partial charge < -0.3 is 19.7 Å². The predicted octanol–water partition coefficient (Wildman–Crippen LogP) is 3.37. The van der Waals surface area contributed by atoms with E-state index in [2.05, 4.69) is 20.3 Å². The lowest BCUT2D eigenvalue weighted by molar-refractivity contribution is -0.131. The molecular formula is C25H23FN6O4. The number of benzene rings is 1. The maximum atomic E-state index is 15.8. The third kappa shape index (κ3) is 4.30. The Hall–Kier alpha value is -4.54. The average molecular weight is 490 g/mol. The summed E-state index contributed by atoms with van der Waals surface area (Å²) in [5, 5.41) is 17.6. The maximum Gasteiger partial charge on any atom is 0.352 e. The fourth-order valence-corrected chi connectivity index (χ4v) is 4.47. The molecule has 10 nitrogen and oxygen atoms in total. The Morgan fingerprint density at radius 2 is 2.08 bits per heavy atom. The highest BCUT2D eigenvalue weighted by molar-refractivity contribution is 6.03. The van der Waals surface area contributed by atoms with Crippen molar-refractivity contribution < 1.29 is 23.8 Å². The van der Waals surface area contributed by atoms with Gasteiger partial charge in [0, 0.05) is 48.4 Å². The Morgan fingerprint density at radius 3 is 2.83 bits per heavy atom. The van der Waals surface area contributed by atoms with E-state index in [4.69, 9.17) is 4.74 Å². The minimum Gasteiger partial charge on any atom is -0.494 e. The first kappa shape index (κ1) is 23.2. The first-order valence-corrected chi connectivity index (χ1v) is 11.3. The number of H-pyrrole nitrogens is 1. The number of amides is 1. The van der Waals surface area contributed by atoms with Gasteiger partial charge in [-0.3, -0.25) is 14.5 Å². The molecule has 0 fully saturated rings. The molecule has 3 aromatic heterocycles. The molecule has 4 aromatic rings. The Bertz CT molecular complexity index is 1480. The number of hydrogen-bond donors (Lipinski definition) is 2. The van der Waals surface area contributed by atoms with Gasteiger partial charge in [-0.2, -0.15) is 0 Å². The summed E-state index contributed by atoms with van der Waals surface area (Å²) >= 11 is 0. The molecule has 0 atom stereocenters. The number of nitrogens with zero attached hydrogens (tertiary/aromatic N) is 5. The predicted molar refractivity (Wildman–Crippen MR) is 129 cm³/mol. The highest BCUT2D eigenvalue weighted by Crippen LogP contribution is 2.39. The van der Waals surface area contributed by atoms with Crippen molar-refractivity contribution in [3.05, 3.63) is 66.1 Å². The normalized spacial score (nSPS) is 13.6. The molecule has 1 aliphatic rings. The Balaban J connectivity index is 1.54. The number of hydrogen-bond acceptors (Lipinski definition) is 6. The van der Waals surface area contributed by atoms with Gasteiger partial charge in [-0.1, -0.05) is 11.3 Å². The van der Waals surface area contributed by atoms with Crippen molar-refractivity contribution in [1.29, 1.82) is 0 Å². The van der Waals surface area contributed by atoms with Crippen molar-refractivity contribution >= 4 is 28.4 Å². The average Bonchev–Trinajstić information content (AvgIpc) is 3.58. The molecule has 4 heterocycles. The molecule has 0 radical (unpaired) electrons. The first-order chi connectivity index (χ1) is 17.5. The Morgan fingerprint density at radius 1 is 1.22 bits per heavy atom.